The van der Waals surface area contributed by atoms with Gasteiger partial charge >= 0.3 is 13.4 Å². The largest absolute Gasteiger partial charge is 0.798 e. The lowest BCUT2D eigenvalue weighted by Gasteiger charge is -2.12. The van der Waals surface area contributed by atoms with Crippen molar-refractivity contribution < 1.29 is 22.5 Å². The normalized spacial score (nSPS) is 14.2. The third-order valence-electron chi connectivity index (χ3n) is 3.43. The molecule has 4 nitrogen and oxygen atoms in total. The fraction of sp³-hybridized carbons (Fsp3) is 0.231. The summed E-state index contributed by atoms with van der Waals surface area (Å²) >= 11 is 5.73. The van der Waals surface area contributed by atoms with Gasteiger partial charge in [0, 0.05) is 17.6 Å². The average molecular weight is 329 g/mol. The Labute approximate surface area is 127 Å². The molecular weight excluding hydrogens is 321 g/mol. The van der Waals surface area contributed by atoms with Crippen LogP contribution in [0.5, 0.6) is 0 Å². The third kappa shape index (κ3) is 2.58. The monoisotopic (exact) mass is 329 g/mol. The summed E-state index contributed by atoms with van der Waals surface area (Å²) in [6.07, 6.45) is 2.77. The number of aromatic nitrogens is 1. The predicted octanol–water partition coefficient (Wildman–Crippen LogP) is 3.21. The van der Waals surface area contributed by atoms with E-state index in [9.17, 15) is 22.6 Å². The van der Waals surface area contributed by atoms with E-state index in [1.165, 1.54) is 12.3 Å². The first-order valence-electron chi connectivity index (χ1n) is 6.41. The lowest BCUT2D eigenvalue weighted by Crippen LogP contribution is -2.23. The highest BCUT2D eigenvalue weighted by Gasteiger charge is 2.29. The number of pyridine rings is 1. The molecule has 9 heteroatoms. The van der Waals surface area contributed by atoms with Crippen molar-refractivity contribution in [2.75, 3.05) is 0 Å². The standard InChI is InChI=1S/C13H8BClF3NO3/c15-9-4-11-7(3-10(9)16)12(20)8(13(21)22-14(17)18)5-19(11)6-1-2-6/h3-6H,1-2H2. The lowest BCUT2D eigenvalue weighted by atomic mass is 10.1. The summed E-state index contributed by atoms with van der Waals surface area (Å²) in [5, 5.41) is -0.262. The maximum atomic E-state index is 13.6. The summed E-state index contributed by atoms with van der Waals surface area (Å²) in [6.45, 7) is 0. The van der Waals surface area contributed by atoms with E-state index in [0.717, 1.165) is 18.9 Å². The summed E-state index contributed by atoms with van der Waals surface area (Å²) in [5.74, 6) is -2.26. The van der Waals surface area contributed by atoms with E-state index in [0.29, 0.717) is 5.52 Å². The van der Waals surface area contributed by atoms with E-state index >= 15 is 0 Å². The number of hydrogen-bond donors (Lipinski definition) is 0. The number of carbonyl (C=O) groups excluding carboxylic acids is 1. The minimum atomic E-state index is -3.33. The molecule has 3 rings (SSSR count). The Morgan fingerprint density at radius 3 is 2.64 bits per heavy atom. The van der Waals surface area contributed by atoms with E-state index in [2.05, 4.69) is 4.65 Å². The second-order valence-electron chi connectivity index (χ2n) is 4.96. The van der Waals surface area contributed by atoms with E-state index < -0.39 is 30.2 Å². The molecule has 22 heavy (non-hydrogen) atoms. The number of halogens is 4. The molecule has 0 bridgehead atoms. The van der Waals surface area contributed by atoms with Crippen molar-refractivity contribution in [2.45, 2.75) is 18.9 Å². The Kier molecular flexibility index (Phi) is 3.64. The molecule has 0 radical (unpaired) electrons. The number of hydrogen-bond acceptors (Lipinski definition) is 3. The first kappa shape index (κ1) is 15.0. The van der Waals surface area contributed by atoms with Gasteiger partial charge in [0.1, 0.15) is 11.4 Å². The number of nitrogens with zero attached hydrogens (tertiary/aromatic N) is 1. The zero-order valence-electron chi connectivity index (χ0n) is 11.0. The van der Waals surface area contributed by atoms with Crippen LogP contribution < -0.4 is 5.43 Å². The molecular formula is C13H8BClF3NO3. The molecule has 1 aliphatic rings. The van der Waals surface area contributed by atoms with Crippen LogP contribution in [0, 0.1) is 5.82 Å². The number of fused-ring (bicyclic) bond motifs is 1. The smallest absolute Gasteiger partial charge is 0.474 e. The molecule has 0 unspecified atom stereocenters. The third-order valence-corrected chi connectivity index (χ3v) is 3.72. The van der Waals surface area contributed by atoms with Crippen molar-refractivity contribution in [3.05, 3.63) is 45.0 Å². The Balaban J connectivity index is 2.26. The van der Waals surface area contributed by atoms with Gasteiger partial charge in [0.25, 0.3) is 0 Å². The van der Waals surface area contributed by atoms with Crippen molar-refractivity contribution in [1.29, 1.82) is 0 Å². The van der Waals surface area contributed by atoms with Gasteiger partial charge in [0.05, 0.1) is 10.5 Å². The van der Waals surface area contributed by atoms with Crippen molar-refractivity contribution in [3.63, 3.8) is 0 Å². The van der Waals surface area contributed by atoms with Gasteiger partial charge in [0.2, 0.25) is 5.43 Å². The van der Waals surface area contributed by atoms with Gasteiger partial charge < -0.3 is 9.22 Å². The summed E-state index contributed by atoms with van der Waals surface area (Å²) in [6, 6.07) is 2.20. The average Bonchev–Trinajstić information content (AvgIpc) is 3.25. The summed E-state index contributed by atoms with van der Waals surface area (Å²) < 4.78 is 43.3. The van der Waals surface area contributed by atoms with Crippen LogP contribution in [0.15, 0.2) is 23.1 Å². The van der Waals surface area contributed by atoms with Crippen LogP contribution in [0.25, 0.3) is 10.9 Å². The van der Waals surface area contributed by atoms with Crippen LogP contribution in [-0.4, -0.2) is 18.0 Å². The first-order valence-corrected chi connectivity index (χ1v) is 6.79. The molecule has 0 saturated heterocycles. The fourth-order valence-electron chi connectivity index (χ4n) is 2.29. The van der Waals surface area contributed by atoms with Crippen LogP contribution in [-0.2, 0) is 4.65 Å². The van der Waals surface area contributed by atoms with Crippen molar-refractivity contribution in [2.24, 2.45) is 0 Å². The fourth-order valence-corrected chi connectivity index (χ4v) is 2.45. The summed E-state index contributed by atoms with van der Waals surface area (Å²) in [7, 11) is -3.33. The molecule has 1 aromatic carbocycles. The minimum Gasteiger partial charge on any atom is -0.474 e. The molecule has 1 fully saturated rings. The van der Waals surface area contributed by atoms with Gasteiger partial charge in [-0.3, -0.25) is 4.79 Å². The van der Waals surface area contributed by atoms with Crippen LogP contribution in [0.3, 0.4) is 0 Å². The first-order chi connectivity index (χ1) is 10.4. The van der Waals surface area contributed by atoms with Gasteiger partial charge in [-0.25, -0.2) is 17.8 Å². The molecule has 0 N–H and O–H groups in total. The highest BCUT2D eigenvalue weighted by Crippen LogP contribution is 2.37. The van der Waals surface area contributed by atoms with Gasteiger partial charge in [-0.15, -0.1) is 0 Å². The van der Waals surface area contributed by atoms with Crippen molar-refractivity contribution in [3.8, 4) is 0 Å². The second-order valence-corrected chi connectivity index (χ2v) is 5.37. The highest BCUT2D eigenvalue weighted by atomic mass is 35.5. The summed E-state index contributed by atoms with van der Waals surface area (Å²) in [5.41, 5.74) is -1.07. The van der Waals surface area contributed by atoms with E-state index in [-0.39, 0.29) is 16.5 Å². The molecule has 2 aromatic rings. The van der Waals surface area contributed by atoms with Gasteiger partial charge in [-0.05, 0) is 25.0 Å². The van der Waals surface area contributed by atoms with Crippen LogP contribution in [0.4, 0.5) is 13.0 Å². The topological polar surface area (TPSA) is 48.3 Å². The molecule has 0 atom stereocenters. The van der Waals surface area contributed by atoms with Gasteiger partial charge in [-0.1, -0.05) is 11.6 Å². The van der Waals surface area contributed by atoms with Crippen molar-refractivity contribution in [1.82, 2.24) is 4.57 Å². The Morgan fingerprint density at radius 1 is 1.36 bits per heavy atom. The Morgan fingerprint density at radius 2 is 2.05 bits per heavy atom. The van der Waals surface area contributed by atoms with Crippen LogP contribution >= 0.6 is 11.6 Å². The number of benzene rings is 1. The Hall–Kier alpha value is -1.96. The zero-order valence-corrected chi connectivity index (χ0v) is 11.7. The molecule has 1 saturated carbocycles. The van der Waals surface area contributed by atoms with Crippen LogP contribution in [0.2, 0.25) is 5.02 Å². The minimum absolute atomic E-state index is 0.0164. The molecule has 1 heterocycles. The van der Waals surface area contributed by atoms with Gasteiger partial charge in [-0.2, -0.15) is 0 Å². The predicted molar refractivity (Wildman–Crippen MR) is 74.8 cm³/mol. The summed E-state index contributed by atoms with van der Waals surface area (Å²) in [4.78, 5) is 23.9. The molecule has 1 aliphatic carbocycles. The maximum Gasteiger partial charge on any atom is 0.798 e. The molecule has 0 amide bonds. The van der Waals surface area contributed by atoms with Crippen molar-refractivity contribution >= 4 is 35.9 Å². The molecule has 0 aliphatic heterocycles. The zero-order chi connectivity index (χ0) is 16.0. The SMILES string of the molecule is O=C(OB(F)F)c1cn(C2CC2)c2cc(Cl)c(F)cc2c1=O. The van der Waals surface area contributed by atoms with E-state index in [1.807, 2.05) is 0 Å². The lowest BCUT2D eigenvalue weighted by molar-refractivity contribution is 0.0693. The Bertz CT molecular complexity index is 835. The molecule has 1 aromatic heterocycles. The number of rotatable bonds is 3. The second kappa shape index (κ2) is 5.35. The molecule has 114 valence electrons. The van der Waals surface area contributed by atoms with Gasteiger partial charge in [0.15, 0.2) is 0 Å². The highest BCUT2D eigenvalue weighted by molar-refractivity contribution is 6.38. The maximum absolute atomic E-state index is 13.6. The van der Waals surface area contributed by atoms with E-state index in [4.69, 9.17) is 11.6 Å². The quantitative estimate of drug-likeness (QED) is 0.813. The molecule has 0 spiro atoms. The van der Waals surface area contributed by atoms with Crippen LogP contribution in [0.1, 0.15) is 29.2 Å². The number of carbonyl (C=O) groups is 1. The van der Waals surface area contributed by atoms with E-state index in [1.54, 1.807) is 4.57 Å².